The van der Waals surface area contributed by atoms with Gasteiger partial charge in [-0.3, -0.25) is 14.8 Å². The van der Waals surface area contributed by atoms with Crippen molar-refractivity contribution in [3.63, 3.8) is 0 Å². The first-order valence-electron chi connectivity index (χ1n) is 9.73. The quantitative estimate of drug-likeness (QED) is 0.656. The molecule has 1 amide bonds. The van der Waals surface area contributed by atoms with Gasteiger partial charge in [-0.05, 0) is 46.5 Å². The third kappa shape index (κ3) is 4.41. The lowest BCUT2D eigenvalue weighted by atomic mass is 9.80. The van der Waals surface area contributed by atoms with Crippen LogP contribution in [-0.2, 0) is 11.2 Å². The molecule has 0 aliphatic carbocycles. The van der Waals surface area contributed by atoms with E-state index in [2.05, 4.69) is 33.5 Å². The number of carbonyl (C=O) groups excluding carboxylic acids is 1. The fourth-order valence-corrected chi connectivity index (χ4v) is 3.87. The molecule has 0 saturated carbocycles. The van der Waals surface area contributed by atoms with Crippen LogP contribution >= 0.6 is 0 Å². The molecule has 2 heterocycles. The van der Waals surface area contributed by atoms with E-state index in [-0.39, 0.29) is 11.3 Å². The number of aliphatic imine (C=N–C) groups is 1. The molecule has 0 fully saturated rings. The second kappa shape index (κ2) is 8.37. The molecule has 3 N–H and O–H groups in total. The summed E-state index contributed by atoms with van der Waals surface area (Å²) in [7, 11) is 0. The Morgan fingerprint density at radius 1 is 1.14 bits per heavy atom. The van der Waals surface area contributed by atoms with Crippen molar-refractivity contribution in [2.45, 2.75) is 12.5 Å². The summed E-state index contributed by atoms with van der Waals surface area (Å²) < 4.78 is 0. The molecule has 2 atom stereocenters. The Balaban J connectivity index is 1.57. The zero-order valence-corrected chi connectivity index (χ0v) is 16.2. The number of dihydropyridines is 1. The van der Waals surface area contributed by atoms with Crippen LogP contribution in [0.15, 0.2) is 84.1 Å². The number of allylic oxidation sites excluding steroid dienone is 1. The molecular formula is C24H24N4O. The predicted molar refractivity (Wildman–Crippen MR) is 117 cm³/mol. The van der Waals surface area contributed by atoms with Gasteiger partial charge in [-0.1, -0.05) is 48.5 Å². The molecule has 0 radical (unpaired) electrons. The average molecular weight is 384 g/mol. The summed E-state index contributed by atoms with van der Waals surface area (Å²) >= 11 is 0. The van der Waals surface area contributed by atoms with Crippen LogP contribution < -0.4 is 11.1 Å². The summed E-state index contributed by atoms with van der Waals surface area (Å²) in [6.07, 6.45) is 10.4. The third-order valence-corrected chi connectivity index (χ3v) is 5.38. The van der Waals surface area contributed by atoms with E-state index in [9.17, 15) is 4.79 Å². The Morgan fingerprint density at radius 3 is 2.72 bits per heavy atom. The molecule has 0 spiro atoms. The van der Waals surface area contributed by atoms with E-state index < -0.39 is 6.04 Å². The van der Waals surface area contributed by atoms with E-state index in [1.165, 1.54) is 0 Å². The topological polar surface area (TPSA) is 80.4 Å². The number of amides is 1. The van der Waals surface area contributed by atoms with Crippen LogP contribution in [0.5, 0.6) is 0 Å². The minimum absolute atomic E-state index is 0.234. The summed E-state index contributed by atoms with van der Waals surface area (Å²) in [5.41, 5.74) is 7.54. The molecule has 0 saturated heterocycles. The zero-order valence-electron chi connectivity index (χ0n) is 16.2. The van der Waals surface area contributed by atoms with Gasteiger partial charge in [0.1, 0.15) is 6.04 Å². The largest absolute Gasteiger partial charge is 0.368 e. The number of benzene rings is 2. The van der Waals surface area contributed by atoms with Crippen LogP contribution in [0.25, 0.3) is 10.8 Å². The number of hydrogen-bond donors (Lipinski definition) is 2. The van der Waals surface area contributed by atoms with Crippen LogP contribution in [0.1, 0.15) is 17.2 Å². The van der Waals surface area contributed by atoms with Crippen LogP contribution in [0.3, 0.4) is 0 Å². The number of carbonyl (C=O) groups is 1. The summed E-state index contributed by atoms with van der Waals surface area (Å²) in [5.74, 6) is -0.389. The normalized spacial score (nSPS) is 19.3. The van der Waals surface area contributed by atoms with Gasteiger partial charge in [-0.2, -0.15) is 0 Å². The molecule has 1 aromatic heterocycles. The Bertz CT molecular complexity index is 1060. The lowest BCUT2D eigenvalue weighted by Gasteiger charge is -2.32. The molecule has 1 aliphatic rings. The second-order valence-electron chi connectivity index (χ2n) is 7.57. The maximum atomic E-state index is 12.3. The molecular weight excluding hydrogens is 360 g/mol. The average Bonchev–Trinajstić information content (AvgIpc) is 2.75. The van der Waals surface area contributed by atoms with Crippen LogP contribution in [-0.4, -0.2) is 30.2 Å². The fraction of sp³-hybridized carbons (Fsp3) is 0.208. The fourth-order valence-electron chi connectivity index (χ4n) is 3.87. The number of aromatic nitrogens is 1. The summed E-state index contributed by atoms with van der Waals surface area (Å²) in [4.78, 5) is 21.0. The van der Waals surface area contributed by atoms with Crippen LogP contribution in [0, 0.1) is 5.41 Å². The lowest BCUT2D eigenvalue weighted by Crippen LogP contribution is -2.43. The van der Waals surface area contributed by atoms with Crippen molar-refractivity contribution in [1.29, 1.82) is 0 Å². The molecule has 3 aromatic rings. The number of primary amides is 1. The van der Waals surface area contributed by atoms with Crippen molar-refractivity contribution in [2.24, 2.45) is 16.1 Å². The van der Waals surface area contributed by atoms with E-state index >= 15 is 0 Å². The number of hydrogen-bond acceptors (Lipinski definition) is 4. The standard InChI is InChI=1S/C24H24N4O/c25-23(29)22(21-9-8-19-6-1-2-7-20(19)13-21)28-17-24(10-4-12-27-16-24)14-18-5-3-11-26-15-18/h1-13,15,22,28H,14,16-17H2,(H2,25,29). The third-order valence-electron chi connectivity index (χ3n) is 5.38. The number of nitrogens with one attached hydrogen (secondary N) is 1. The minimum atomic E-state index is -0.565. The van der Waals surface area contributed by atoms with Crippen molar-refractivity contribution < 1.29 is 4.79 Å². The monoisotopic (exact) mass is 384 g/mol. The van der Waals surface area contributed by atoms with Gasteiger partial charge < -0.3 is 11.1 Å². The summed E-state index contributed by atoms with van der Waals surface area (Å²) in [6.45, 7) is 1.23. The summed E-state index contributed by atoms with van der Waals surface area (Å²) in [6, 6.07) is 17.6. The number of rotatable bonds is 7. The van der Waals surface area contributed by atoms with E-state index in [0.29, 0.717) is 13.1 Å². The van der Waals surface area contributed by atoms with E-state index in [0.717, 1.165) is 28.3 Å². The maximum Gasteiger partial charge on any atom is 0.239 e. The first-order chi connectivity index (χ1) is 14.2. The summed E-state index contributed by atoms with van der Waals surface area (Å²) in [5, 5.41) is 5.64. The molecule has 2 unspecified atom stereocenters. The van der Waals surface area contributed by atoms with E-state index in [1.807, 2.05) is 61.0 Å². The van der Waals surface area contributed by atoms with Crippen LogP contribution in [0.4, 0.5) is 0 Å². The SMILES string of the molecule is NC(=O)C(NCC1(Cc2cccnc2)C=CC=NC1)c1ccc2ccccc2c1. The van der Waals surface area contributed by atoms with Gasteiger partial charge in [-0.25, -0.2) is 0 Å². The van der Waals surface area contributed by atoms with Crippen molar-refractivity contribution >= 4 is 22.9 Å². The molecule has 29 heavy (non-hydrogen) atoms. The Labute approximate surface area is 170 Å². The van der Waals surface area contributed by atoms with Gasteiger partial charge in [0.05, 0.1) is 0 Å². The number of nitrogens with zero attached hydrogens (tertiary/aromatic N) is 2. The zero-order chi connectivity index (χ0) is 20.1. The van der Waals surface area contributed by atoms with Gasteiger partial charge in [-0.15, -0.1) is 0 Å². The van der Waals surface area contributed by atoms with Crippen molar-refractivity contribution in [3.05, 3.63) is 90.3 Å². The molecule has 1 aliphatic heterocycles. The predicted octanol–water partition coefficient (Wildman–Crippen LogP) is 3.22. The van der Waals surface area contributed by atoms with Crippen molar-refractivity contribution in [3.8, 4) is 0 Å². The van der Waals surface area contributed by atoms with Crippen molar-refractivity contribution in [2.75, 3.05) is 13.1 Å². The number of nitrogens with two attached hydrogens (primary N) is 1. The molecule has 5 nitrogen and oxygen atoms in total. The van der Waals surface area contributed by atoms with Crippen LogP contribution in [0.2, 0.25) is 0 Å². The molecule has 4 rings (SSSR count). The molecule has 5 heteroatoms. The second-order valence-corrected chi connectivity index (χ2v) is 7.57. The molecule has 0 bridgehead atoms. The maximum absolute atomic E-state index is 12.3. The highest BCUT2D eigenvalue weighted by Gasteiger charge is 2.31. The van der Waals surface area contributed by atoms with Gasteiger partial charge in [0.2, 0.25) is 5.91 Å². The highest BCUT2D eigenvalue weighted by atomic mass is 16.1. The number of pyridine rings is 1. The van der Waals surface area contributed by atoms with E-state index in [1.54, 1.807) is 6.20 Å². The van der Waals surface area contributed by atoms with Gasteiger partial charge in [0, 0.05) is 37.1 Å². The molecule has 2 aromatic carbocycles. The first-order valence-corrected chi connectivity index (χ1v) is 9.73. The lowest BCUT2D eigenvalue weighted by molar-refractivity contribution is -0.120. The molecule has 146 valence electrons. The Hall–Kier alpha value is -3.31. The Kier molecular flexibility index (Phi) is 5.49. The highest BCUT2D eigenvalue weighted by molar-refractivity contribution is 5.86. The van der Waals surface area contributed by atoms with Gasteiger partial charge in [0.25, 0.3) is 0 Å². The van der Waals surface area contributed by atoms with Gasteiger partial charge >= 0.3 is 0 Å². The highest BCUT2D eigenvalue weighted by Crippen LogP contribution is 2.28. The van der Waals surface area contributed by atoms with E-state index in [4.69, 9.17) is 5.73 Å². The smallest absolute Gasteiger partial charge is 0.239 e. The van der Waals surface area contributed by atoms with Crippen molar-refractivity contribution in [1.82, 2.24) is 10.3 Å². The Morgan fingerprint density at radius 2 is 2.00 bits per heavy atom. The van der Waals surface area contributed by atoms with Gasteiger partial charge in [0.15, 0.2) is 0 Å². The first kappa shape index (κ1) is 19.0. The number of fused-ring (bicyclic) bond motifs is 1. The minimum Gasteiger partial charge on any atom is -0.368 e.